The third-order valence-electron chi connectivity index (χ3n) is 2.87. The molecule has 0 unspecified atom stereocenters. The van der Waals surface area contributed by atoms with E-state index in [9.17, 15) is 9.18 Å². The molecule has 0 saturated carbocycles. The van der Waals surface area contributed by atoms with Crippen LogP contribution in [0.2, 0.25) is 0 Å². The Hall–Kier alpha value is -1.42. The molecule has 0 aliphatic rings. The smallest absolute Gasteiger partial charge is 0.232 e. The molecular weight excluding hydrogens is 219 g/mol. The van der Waals surface area contributed by atoms with Crippen LogP contribution in [0.4, 0.5) is 10.1 Å². The fraction of sp³-hybridized carbons (Fsp3) is 0.462. The van der Waals surface area contributed by atoms with Crippen molar-refractivity contribution in [2.75, 3.05) is 18.5 Å². The molecule has 17 heavy (non-hydrogen) atoms. The predicted octanol–water partition coefficient (Wildman–Crippen LogP) is 2.16. The number of nitrogens with two attached hydrogens (primary N) is 1. The first kappa shape index (κ1) is 13.6. The SMILES string of the molecule is CN(C(=O)C(C)(C)CCN)c1ccc(F)cc1. The highest BCUT2D eigenvalue weighted by molar-refractivity contribution is 5.96. The summed E-state index contributed by atoms with van der Waals surface area (Å²) in [6.45, 7) is 4.19. The molecule has 1 aromatic carbocycles. The second-order valence-corrected chi connectivity index (χ2v) is 4.76. The van der Waals surface area contributed by atoms with E-state index in [0.29, 0.717) is 18.7 Å². The first-order valence-corrected chi connectivity index (χ1v) is 5.62. The number of nitrogens with zero attached hydrogens (tertiary/aromatic N) is 1. The van der Waals surface area contributed by atoms with Crippen molar-refractivity contribution in [2.45, 2.75) is 20.3 Å². The van der Waals surface area contributed by atoms with E-state index in [1.165, 1.54) is 17.0 Å². The Balaban J connectivity index is 2.86. The van der Waals surface area contributed by atoms with Crippen molar-refractivity contribution >= 4 is 11.6 Å². The van der Waals surface area contributed by atoms with Crippen LogP contribution in [-0.2, 0) is 4.79 Å². The lowest BCUT2D eigenvalue weighted by Crippen LogP contribution is -2.39. The summed E-state index contributed by atoms with van der Waals surface area (Å²) in [4.78, 5) is 13.8. The molecule has 0 saturated heterocycles. The van der Waals surface area contributed by atoms with Gasteiger partial charge in [-0.05, 0) is 37.2 Å². The summed E-state index contributed by atoms with van der Waals surface area (Å²) in [6, 6.07) is 5.86. The number of benzene rings is 1. The standard InChI is InChI=1S/C13H19FN2O/c1-13(2,8-9-15)12(17)16(3)11-6-4-10(14)5-7-11/h4-7H,8-9,15H2,1-3H3. The number of carbonyl (C=O) groups is 1. The molecule has 0 aliphatic carbocycles. The molecule has 3 nitrogen and oxygen atoms in total. The first-order chi connectivity index (χ1) is 7.88. The molecule has 1 amide bonds. The van der Waals surface area contributed by atoms with Crippen LogP contribution in [0.15, 0.2) is 24.3 Å². The van der Waals surface area contributed by atoms with Crippen LogP contribution in [0.25, 0.3) is 0 Å². The number of hydrogen-bond acceptors (Lipinski definition) is 2. The van der Waals surface area contributed by atoms with E-state index < -0.39 is 5.41 Å². The number of amides is 1. The van der Waals surface area contributed by atoms with Crippen LogP contribution in [0.1, 0.15) is 20.3 Å². The Labute approximate surface area is 101 Å². The van der Waals surface area contributed by atoms with Crippen LogP contribution in [0, 0.1) is 11.2 Å². The highest BCUT2D eigenvalue weighted by Crippen LogP contribution is 2.25. The van der Waals surface area contributed by atoms with Gasteiger partial charge in [0.1, 0.15) is 5.82 Å². The molecule has 2 N–H and O–H groups in total. The molecule has 0 spiro atoms. The minimum atomic E-state index is -0.502. The lowest BCUT2D eigenvalue weighted by molar-refractivity contribution is -0.126. The maximum Gasteiger partial charge on any atom is 0.232 e. The summed E-state index contributed by atoms with van der Waals surface area (Å²) in [5.74, 6) is -0.328. The minimum absolute atomic E-state index is 0.0189. The van der Waals surface area contributed by atoms with Gasteiger partial charge in [-0.1, -0.05) is 13.8 Å². The van der Waals surface area contributed by atoms with E-state index in [2.05, 4.69) is 0 Å². The van der Waals surface area contributed by atoms with Crippen molar-refractivity contribution in [1.29, 1.82) is 0 Å². The second kappa shape index (κ2) is 5.27. The van der Waals surface area contributed by atoms with E-state index >= 15 is 0 Å². The van der Waals surface area contributed by atoms with Gasteiger partial charge in [0.15, 0.2) is 0 Å². The van der Waals surface area contributed by atoms with Gasteiger partial charge in [-0.15, -0.1) is 0 Å². The van der Waals surface area contributed by atoms with Gasteiger partial charge in [0.2, 0.25) is 5.91 Å². The fourth-order valence-electron chi connectivity index (χ4n) is 1.70. The van der Waals surface area contributed by atoms with Crippen molar-refractivity contribution in [3.63, 3.8) is 0 Å². The molecular formula is C13H19FN2O. The van der Waals surface area contributed by atoms with Crippen molar-refractivity contribution < 1.29 is 9.18 Å². The summed E-state index contributed by atoms with van der Waals surface area (Å²) < 4.78 is 12.8. The minimum Gasteiger partial charge on any atom is -0.330 e. The second-order valence-electron chi connectivity index (χ2n) is 4.76. The molecule has 0 bridgehead atoms. The van der Waals surface area contributed by atoms with Gasteiger partial charge in [0.05, 0.1) is 0 Å². The van der Waals surface area contributed by atoms with Gasteiger partial charge in [-0.3, -0.25) is 4.79 Å². The Morgan fingerprint density at radius 1 is 1.35 bits per heavy atom. The van der Waals surface area contributed by atoms with Crippen molar-refractivity contribution in [3.05, 3.63) is 30.1 Å². The summed E-state index contributed by atoms with van der Waals surface area (Å²) in [6.07, 6.45) is 0.622. The number of hydrogen-bond donors (Lipinski definition) is 1. The first-order valence-electron chi connectivity index (χ1n) is 5.62. The van der Waals surface area contributed by atoms with Crippen LogP contribution in [-0.4, -0.2) is 19.5 Å². The predicted molar refractivity (Wildman–Crippen MR) is 67.3 cm³/mol. The number of carbonyl (C=O) groups excluding carboxylic acids is 1. The van der Waals surface area contributed by atoms with Gasteiger partial charge < -0.3 is 10.6 Å². The van der Waals surface area contributed by atoms with Crippen LogP contribution in [0.3, 0.4) is 0 Å². The molecule has 0 aromatic heterocycles. The Morgan fingerprint density at radius 2 is 1.88 bits per heavy atom. The zero-order valence-electron chi connectivity index (χ0n) is 10.5. The topological polar surface area (TPSA) is 46.3 Å². The molecule has 0 radical (unpaired) electrons. The van der Waals surface area contributed by atoms with Gasteiger partial charge in [-0.25, -0.2) is 4.39 Å². The van der Waals surface area contributed by atoms with Crippen molar-refractivity contribution in [1.82, 2.24) is 0 Å². The highest BCUT2D eigenvalue weighted by Gasteiger charge is 2.30. The van der Waals surface area contributed by atoms with E-state index in [1.807, 2.05) is 13.8 Å². The molecule has 0 aliphatic heterocycles. The molecule has 0 fully saturated rings. The average molecular weight is 238 g/mol. The van der Waals surface area contributed by atoms with Gasteiger partial charge >= 0.3 is 0 Å². The normalized spacial score (nSPS) is 11.4. The third-order valence-corrected chi connectivity index (χ3v) is 2.87. The molecule has 0 atom stereocenters. The average Bonchev–Trinajstić information content (AvgIpc) is 2.28. The van der Waals surface area contributed by atoms with Gasteiger partial charge in [0, 0.05) is 18.2 Å². The fourth-order valence-corrected chi connectivity index (χ4v) is 1.70. The number of halogens is 1. The monoisotopic (exact) mass is 238 g/mol. The van der Waals surface area contributed by atoms with E-state index in [-0.39, 0.29) is 11.7 Å². The zero-order chi connectivity index (χ0) is 13.1. The molecule has 0 heterocycles. The molecule has 4 heteroatoms. The maximum atomic E-state index is 12.8. The highest BCUT2D eigenvalue weighted by atomic mass is 19.1. The summed E-state index contributed by atoms with van der Waals surface area (Å²) >= 11 is 0. The van der Waals surface area contributed by atoms with Crippen molar-refractivity contribution in [2.24, 2.45) is 11.1 Å². The molecule has 94 valence electrons. The molecule has 1 rings (SSSR count). The Bertz CT molecular complexity index is 387. The van der Waals surface area contributed by atoms with Crippen LogP contribution < -0.4 is 10.6 Å². The lowest BCUT2D eigenvalue weighted by Gasteiger charge is -2.29. The third kappa shape index (κ3) is 3.27. The van der Waals surface area contributed by atoms with E-state index in [1.54, 1.807) is 19.2 Å². The lowest BCUT2D eigenvalue weighted by atomic mass is 9.87. The molecule has 1 aromatic rings. The van der Waals surface area contributed by atoms with Crippen LogP contribution in [0.5, 0.6) is 0 Å². The van der Waals surface area contributed by atoms with Gasteiger partial charge in [0.25, 0.3) is 0 Å². The van der Waals surface area contributed by atoms with E-state index in [0.717, 1.165) is 0 Å². The largest absolute Gasteiger partial charge is 0.330 e. The summed E-state index contributed by atoms with van der Waals surface area (Å²) in [5.41, 5.74) is 5.67. The number of anilines is 1. The quantitative estimate of drug-likeness (QED) is 0.873. The van der Waals surface area contributed by atoms with E-state index in [4.69, 9.17) is 5.73 Å². The summed E-state index contributed by atoms with van der Waals surface area (Å²) in [5, 5.41) is 0. The van der Waals surface area contributed by atoms with Crippen LogP contribution >= 0.6 is 0 Å². The summed E-state index contributed by atoms with van der Waals surface area (Å²) in [7, 11) is 1.69. The Morgan fingerprint density at radius 3 is 2.35 bits per heavy atom. The zero-order valence-corrected chi connectivity index (χ0v) is 10.5. The van der Waals surface area contributed by atoms with Gasteiger partial charge in [-0.2, -0.15) is 0 Å². The van der Waals surface area contributed by atoms with Crippen molar-refractivity contribution in [3.8, 4) is 0 Å². The number of rotatable bonds is 4. The Kier molecular flexibility index (Phi) is 4.23. The maximum absolute atomic E-state index is 12.8.